The molecule has 1 fully saturated rings. The number of nitrogens with zero attached hydrogens (tertiary/aromatic N) is 1. The molecular formula is C11H18N2OS. The van der Waals surface area contributed by atoms with E-state index in [0.29, 0.717) is 6.10 Å². The Hall–Kier alpha value is -0.610. The van der Waals surface area contributed by atoms with E-state index >= 15 is 0 Å². The molecule has 2 heterocycles. The van der Waals surface area contributed by atoms with Crippen LogP contribution in [0.2, 0.25) is 0 Å². The number of H-pyrrole nitrogens is 1. The third-order valence-corrected chi connectivity index (χ3v) is 3.22. The lowest BCUT2D eigenvalue weighted by molar-refractivity contribution is 0.00875. The monoisotopic (exact) mass is 226 g/mol. The predicted octanol–water partition coefficient (Wildman–Crippen LogP) is 2.81. The van der Waals surface area contributed by atoms with Crippen molar-refractivity contribution in [2.45, 2.75) is 45.3 Å². The summed E-state index contributed by atoms with van der Waals surface area (Å²) in [6, 6.07) is 0. The van der Waals surface area contributed by atoms with Crippen molar-refractivity contribution >= 4 is 12.2 Å². The molecule has 1 aromatic heterocycles. The smallest absolute Gasteiger partial charge is 0.177 e. The molecule has 15 heavy (non-hydrogen) atoms. The Morgan fingerprint density at radius 3 is 3.07 bits per heavy atom. The van der Waals surface area contributed by atoms with E-state index in [4.69, 9.17) is 17.0 Å². The number of hydrogen-bond acceptors (Lipinski definition) is 2. The van der Waals surface area contributed by atoms with Crippen LogP contribution in [-0.2, 0) is 11.3 Å². The van der Waals surface area contributed by atoms with Gasteiger partial charge < -0.3 is 14.3 Å². The maximum atomic E-state index is 5.69. The van der Waals surface area contributed by atoms with Gasteiger partial charge in [-0.2, -0.15) is 0 Å². The van der Waals surface area contributed by atoms with Crippen molar-refractivity contribution in [1.29, 1.82) is 0 Å². The molecule has 3 nitrogen and oxygen atoms in total. The number of aromatic amines is 1. The molecule has 1 N–H and O–H groups in total. The molecule has 1 aromatic rings. The average molecular weight is 226 g/mol. The SMILES string of the molecule is Cc1cn(CCC2CCCCO2)c(=S)[nH]1. The Morgan fingerprint density at radius 2 is 2.47 bits per heavy atom. The Bertz CT molecular complexity index is 363. The average Bonchev–Trinajstić information content (AvgIpc) is 2.56. The molecule has 0 aliphatic carbocycles. The van der Waals surface area contributed by atoms with Gasteiger partial charge in [0.1, 0.15) is 0 Å². The fourth-order valence-electron chi connectivity index (χ4n) is 2.05. The van der Waals surface area contributed by atoms with Crippen molar-refractivity contribution in [1.82, 2.24) is 9.55 Å². The van der Waals surface area contributed by atoms with E-state index in [0.717, 1.165) is 30.0 Å². The molecule has 0 saturated carbocycles. The van der Waals surface area contributed by atoms with Crippen LogP contribution in [-0.4, -0.2) is 22.3 Å². The zero-order valence-electron chi connectivity index (χ0n) is 9.16. The zero-order valence-corrected chi connectivity index (χ0v) is 9.98. The van der Waals surface area contributed by atoms with Crippen LogP contribution < -0.4 is 0 Å². The second-order valence-corrected chi connectivity index (χ2v) is 4.60. The highest BCUT2D eigenvalue weighted by Crippen LogP contribution is 2.16. The fourth-order valence-corrected chi connectivity index (χ4v) is 2.35. The minimum atomic E-state index is 0.441. The van der Waals surface area contributed by atoms with Crippen LogP contribution in [0.4, 0.5) is 0 Å². The molecule has 2 rings (SSSR count). The van der Waals surface area contributed by atoms with Gasteiger partial charge >= 0.3 is 0 Å². The van der Waals surface area contributed by atoms with Crippen LogP contribution in [0.15, 0.2) is 6.20 Å². The van der Waals surface area contributed by atoms with Crippen LogP contribution in [0, 0.1) is 11.7 Å². The Labute approximate surface area is 95.5 Å². The van der Waals surface area contributed by atoms with Crippen molar-refractivity contribution < 1.29 is 4.74 Å². The number of aryl methyl sites for hydroxylation is 2. The van der Waals surface area contributed by atoms with Gasteiger partial charge in [-0.1, -0.05) is 0 Å². The Balaban J connectivity index is 1.87. The number of rotatable bonds is 3. The topological polar surface area (TPSA) is 29.9 Å². The van der Waals surface area contributed by atoms with E-state index in [1.54, 1.807) is 0 Å². The number of aromatic nitrogens is 2. The summed E-state index contributed by atoms with van der Waals surface area (Å²) in [4.78, 5) is 3.13. The van der Waals surface area contributed by atoms with Crippen LogP contribution in [0.25, 0.3) is 0 Å². The van der Waals surface area contributed by atoms with Gasteiger partial charge in [0.2, 0.25) is 0 Å². The summed E-state index contributed by atoms with van der Waals surface area (Å²) < 4.78 is 8.61. The van der Waals surface area contributed by atoms with Crippen LogP contribution in [0.3, 0.4) is 0 Å². The quantitative estimate of drug-likeness (QED) is 0.803. The highest BCUT2D eigenvalue weighted by atomic mass is 32.1. The molecule has 0 amide bonds. The minimum absolute atomic E-state index is 0.441. The van der Waals surface area contributed by atoms with Gasteiger partial charge in [-0.05, 0) is 44.8 Å². The summed E-state index contributed by atoms with van der Waals surface area (Å²) in [5.74, 6) is 0. The maximum Gasteiger partial charge on any atom is 0.177 e. The molecule has 0 bridgehead atoms. The zero-order chi connectivity index (χ0) is 10.7. The molecule has 0 radical (unpaired) electrons. The summed E-state index contributed by atoms with van der Waals surface area (Å²) in [6.45, 7) is 3.93. The lowest BCUT2D eigenvalue weighted by atomic mass is 10.1. The van der Waals surface area contributed by atoms with E-state index < -0.39 is 0 Å². The minimum Gasteiger partial charge on any atom is -0.378 e. The number of imidazole rings is 1. The Morgan fingerprint density at radius 1 is 1.60 bits per heavy atom. The van der Waals surface area contributed by atoms with Crippen LogP contribution >= 0.6 is 12.2 Å². The molecule has 4 heteroatoms. The lowest BCUT2D eigenvalue weighted by Gasteiger charge is -2.22. The summed E-state index contributed by atoms with van der Waals surface area (Å²) in [5, 5.41) is 0. The molecule has 1 unspecified atom stereocenters. The first-order valence-electron chi connectivity index (χ1n) is 5.63. The number of hydrogen-bond donors (Lipinski definition) is 1. The van der Waals surface area contributed by atoms with Crippen molar-refractivity contribution in [3.8, 4) is 0 Å². The van der Waals surface area contributed by atoms with Crippen molar-refractivity contribution in [2.75, 3.05) is 6.61 Å². The number of nitrogens with one attached hydrogen (secondary N) is 1. The summed E-state index contributed by atoms with van der Waals surface area (Å²) in [5.41, 5.74) is 1.13. The van der Waals surface area contributed by atoms with Crippen molar-refractivity contribution in [3.63, 3.8) is 0 Å². The predicted molar refractivity (Wildman–Crippen MR) is 62.6 cm³/mol. The lowest BCUT2D eigenvalue weighted by Crippen LogP contribution is -2.20. The van der Waals surface area contributed by atoms with E-state index in [2.05, 4.69) is 15.7 Å². The molecule has 0 aromatic carbocycles. The summed E-state index contributed by atoms with van der Waals surface area (Å²) in [6.07, 6.45) is 7.32. The normalized spacial score (nSPS) is 21.8. The highest BCUT2D eigenvalue weighted by Gasteiger charge is 2.13. The fraction of sp³-hybridized carbons (Fsp3) is 0.727. The van der Waals surface area contributed by atoms with Gasteiger partial charge in [0.25, 0.3) is 0 Å². The molecule has 84 valence electrons. The van der Waals surface area contributed by atoms with Gasteiger partial charge in [-0.15, -0.1) is 0 Å². The highest BCUT2D eigenvalue weighted by molar-refractivity contribution is 7.71. The van der Waals surface area contributed by atoms with Crippen LogP contribution in [0.5, 0.6) is 0 Å². The number of ether oxygens (including phenoxy) is 1. The molecule has 0 spiro atoms. The van der Waals surface area contributed by atoms with E-state index in [1.807, 2.05) is 6.92 Å². The van der Waals surface area contributed by atoms with E-state index in [9.17, 15) is 0 Å². The first kappa shape index (κ1) is 10.9. The second kappa shape index (κ2) is 4.94. The Kier molecular flexibility index (Phi) is 3.59. The van der Waals surface area contributed by atoms with Crippen molar-refractivity contribution in [2.24, 2.45) is 0 Å². The van der Waals surface area contributed by atoms with Crippen LogP contribution in [0.1, 0.15) is 31.4 Å². The maximum absolute atomic E-state index is 5.69. The first-order valence-corrected chi connectivity index (χ1v) is 6.04. The molecule has 1 aliphatic heterocycles. The van der Waals surface area contributed by atoms with Gasteiger partial charge in [-0.3, -0.25) is 0 Å². The third kappa shape index (κ3) is 2.92. The molecule has 1 atom stereocenters. The molecule has 1 saturated heterocycles. The molecule has 1 aliphatic rings. The molecular weight excluding hydrogens is 208 g/mol. The van der Waals surface area contributed by atoms with Gasteiger partial charge in [0.15, 0.2) is 4.77 Å². The van der Waals surface area contributed by atoms with Gasteiger partial charge in [-0.25, -0.2) is 0 Å². The first-order chi connectivity index (χ1) is 7.25. The van der Waals surface area contributed by atoms with E-state index in [-0.39, 0.29) is 0 Å². The van der Waals surface area contributed by atoms with E-state index in [1.165, 1.54) is 19.3 Å². The summed E-state index contributed by atoms with van der Waals surface area (Å²) >= 11 is 5.21. The summed E-state index contributed by atoms with van der Waals surface area (Å²) in [7, 11) is 0. The second-order valence-electron chi connectivity index (χ2n) is 4.21. The van der Waals surface area contributed by atoms with Gasteiger partial charge in [0, 0.05) is 25.0 Å². The van der Waals surface area contributed by atoms with Crippen molar-refractivity contribution in [3.05, 3.63) is 16.7 Å². The largest absolute Gasteiger partial charge is 0.378 e. The van der Waals surface area contributed by atoms with Gasteiger partial charge in [0.05, 0.1) is 6.10 Å². The standard InChI is InChI=1S/C11H18N2OS/c1-9-8-13(11(15)12-9)6-5-10-4-2-3-7-14-10/h8,10H,2-7H2,1H3,(H,12,15). The third-order valence-electron chi connectivity index (χ3n) is 2.88.